The molecule has 1 heterocycles. The molecule has 2 N–H and O–H groups in total. The third kappa shape index (κ3) is 2.46. The van der Waals surface area contributed by atoms with Crippen molar-refractivity contribution in [2.75, 3.05) is 0 Å². The van der Waals surface area contributed by atoms with Crippen molar-refractivity contribution in [1.29, 1.82) is 0 Å². The first-order chi connectivity index (χ1) is 7.68. The van der Waals surface area contributed by atoms with Crippen LogP contribution in [-0.4, -0.2) is 0 Å². The Morgan fingerprint density at radius 3 is 2.81 bits per heavy atom. The molecule has 0 fully saturated rings. The van der Waals surface area contributed by atoms with E-state index in [4.69, 9.17) is 17.3 Å². The lowest BCUT2D eigenvalue weighted by molar-refractivity contribution is 0.725. The normalized spacial score (nSPS) is 12.7. The number of hydrogen-bond donors (Lipinski definition) is 1. The lowest BCUT2D eigenvalue weighted by Gasteiger charge is -2.14. The van der Waals surface area contributed by atoms with E-state index in [0.29, 0.717) is 0 Å². The molecule has 2 aromatic rings. The summed E-state index contributed by atoms with van der Waals surface area (Å²) in [5, 5.41) is 2.87. The van der Waals surface area contributed by atoms with Crippen molar-refractivity contribution in [3.05, 3.63) is 56.7 Å². The Balaban J connectivity index is 2.21. The Hall–Kier alpha value is -0.830. The number of thiophene rings is 1. The summed E-state index contributed by atoms with van der Waals surface area (Å²) < 4.78 is 0. The molecule has 0 aliphatic rings. The minimum Gasteiger partial charge on any atom is -0.324 e. The molecule has 16 heavy (non-hydrogen) atoms. The Morgan fingerprint density at radius 1 is 1.31 bits per heavy atom. The molecule has 3 heteroatoms. The number of rotatable bonds is 3. The van der Waals surface area contributed by atoms with Crippen LogP contribution in [0.25, 0.3) is 0 Å². The minimum absolute atomic E-state index is 0.0253. The van der Waals surface area contributed by atoms with Crippen molar-refractivity contribution >= 4 is 22.9 Å². The van der Waals surface area contributed by atoms with E-state index in [1.807, 2.05) is 19.1 Å². The predicted octanol–water partition coefficient (Wildman–Crippen LogP) is 3.95. The van der Waals surface area contributed by atoms with Crippen LogP contribution in [0.1, 0.15) is 22.0 Å². The maximum atomic E-state index is 6.20. The van der Waals surface area contributed by atoms with Crippen LogP contribution in [0, 0.1) is 6.92 Å². The Labute approximate surface area is 105 Å². The van der Waals surface area contributed by atoms with E-state index < -0.39 is 0 Å². The summed E-state index contributed by atoms with van der Waals surface area (Å²) in [6, 6.07) is 10.1. The zero-order chi connectivity index (χ0) is 11.5. The highest BCUT2D eigenvalue weighted by Crippen LogP contribution is 2.26. The van der Waals surface area contributed by atoms with Gasteiger partial charge >= 0.3 is 0 Å². The van der Waals surface area contributed by atoms with E-state index in [2.05, 4.69) is 23.6 Å². The van der Waals surface area contributed by atoms with Crippen LogP contribution >= 0.6 is 22.9 Å². The van der Waals surface area contributed by atoms with Crippen LogP contribution in [0.5, 0.6) is 0 Å². The third-order valence-corrected chi connectivity index (χ3v) is 4.02. The molecule has 1 nitrogen and oxygen atoms in total. The van der Waals surface area contributed by atoms with E-state index >= 15 is 0 Å². The van der Waals surface area contributed by atoms with Crippen LogP contribution in [0.4, 0.5) is 0 Å². The standard InChI is InChI=1S/C13H14ClNS/c1-9-11(5-2-6-12(9)14)13(15)8-10-4-3-7-16-10/h2-7,13H,8,15H2,1H3. The number of nitrogens with two attached hydrogens (primary N) is 1. The highest BCUT2D eigenvalue weighted by Gasteiger charge is 2.11. The summed E-state index contributed by atoms with van der Waals surface area (Å²) in [5.74, 6) is 0. The average Bonchev–Trinajstić information content (AvgIpc) is 2.74. The number of halogens is 1. The van der Waals surface area contributed by atoms with Gasteiger partial charge in [-0.2, -0.15) is 0 Å². The molecule has 0 aliphatic heterocycles. The van der Waals surface area contributed by atoms with Crippen molar-refractivity contribution in [1.82, 2.24) is 0 Å². The van der Waals surface area contributed by atoms with Crippen LogP contribution in [0.15, 0.2) is 35.7 Å². The van der Waals surface area contributed by atoms with Gasteiger partial charge in [0.15, 0.2) is 0 Å². The second-order valence-corrected chi connectivity index (χ2v) is 5.28. The molecule has 1 unspecified atom stereocenters. The molecule has 0 saturated carbocycles. The van der Waals surface area contributed by atoms with Gasteiger partial charge in [-0.1, -0.05) is 29.8 Å². The van der Waals surface area contributed by atoms with E-state index in [-0.39, 0.29) is 6.04 Å². The third-order valence-electron chi connectivity index (χ3n) is 2.71. The molecular weight excluding hydrogens is 238 g/mol. The molecule has 0 aliphatic carbocycles. The quantitative estimate of drug-likeness (QED) is 0.878. The fourth-order valence-corrected chi connectivity index (χ4v) is 2.73. The summed E-state index contributed by atoms with van der Waals surface area (Å²) in [6.07, 6.45) is 0.874. The van der Waals surface area contributed by atoms with E-state index in [1.165, 1.54) is 4.88 Å². The summed E-state index contributed by atoms with van der Waals surface area (Å²) in [7, 11) is 0. The minimum atomic E-state index is 0.0253. The van der Waals surface area contributed by atoms with Gasteiger partial charge in [0, 0.05) is 22.4 Å². The molecular formula is C13H14ClNS. The number of benzene rings is 1. The summed E-state index contributed by atoms with van der Waals surface area (Å²) >= 11 is 7.83. The fraction of sp³-hybridized carbons (Fsp3) is 0.231. The van der Waals surface area contributed by atoms with Crippen molar-refractivity contribution < 1.29 is 0 Å². The van der Waals surface area contributed by atoms with Crippen molar-refractivity contribution in [2.45, 2.75) is 19.4 Å². The maximum Gasteiger partial charge on any atom is 0.0438 e. The van der Waals surface area contributed by atoms with E-state index in [1.54, 1.807) is 11.3 Å². The smallest absolute Gasteiger partial charge is 0.0438 e. The van der Waals surface area contributed by atoms with Gasteiger partial charge in [0.1, 0.15) is 0 Å². The maximum absolute atomic E-state index is 6.20. The van der Waals surface area contributed by atoms with Gasteiger partial charge in [-0.15, -0.1) is 11.3 Å². The van der Waals surface area contributed by atoms with E-state index in [9.17, 15) is 0 Å². The zero-order valence-electron chi connectivity index (χ0n) is 9.11. The van der Waals surface area contributed by atoms with Gasteiger partial charge in [-0.05, 0) is 35.6 Å². The topological polar surface area (TPSA) is 26.0 Å². The van der Waals surface area contributed by atoms with Crippen molar-refractivity contribution in [3.63, 3.8) is 0 Å². The average molecular weight is 252 g/mol. The summed E-state index contributed by atoms with van der Waals surface area (Å²) in [5.41, 5.74) is 8.43. The Kier molecular flexibility index (Phi) is 3.64. The van der Waals surface area contributed by atoms with Crippen molar-refractivity contribution in [2.24, 2.45) is 5.73 Å². The van der Waals surface area contributed by atoms with E-state index in [0.717, 1.165) is 22.6 Å². The molecule has 84 valence electrons. The first-order valence-corrected chi connectivity index (χ1v) is 6.47. The molecule has 1 aromatic carbocycles. The predicted molar refractivity (Wildman–Crippen MR) is 71.1 cm³/mol. The molecule has 0 spiro atoms. The molecule has 2 rings (SSSR count). The van der Waals surface area contributed by atoms with Crippen molar-refractivity contribution in [3.8, 4) is 0 Å². The monoisotopic (exact) mass is 251 g/mol. The second kappa shape index (κ2) is 5.00. The molecule has 0 radical (unpaired) electrons. The highest BCUT2D eigenvalue weighted by molar-refractivity contribution is 7.09. The lowest BCUT2D eigenvalue weighted by Crippen LogP contribution is -2.14. The molecule has 1 atom stereocenters. The number of hydrogen-bond acceptors (Lipinski definition) is 2. The fourth-order valence-electron chi connectivity index (χ4n) is 1.78. The van der Waals surface area contributed by atoms with Crippen LogP contribution < -0.4 is 5.73 Å². The lowest BCUT2D eigenvalue weighted by atomic mass is 9.99. The Morgan fingerprint density at radius 2 is 2.12 bits per heavy atom. The SMILES string of the molecule is Cc1c(Cl)cccc1C(N)Cc1cccs1. The van der Waals surface area contributed by atoms with Gasteiger partial charge in [-0.25, -0.2) is 0 Å². The summed E-state index contributed by atoms with van der Waals surface area (Å²) in [4.78, 5) is 1.31. The van der Waals surface area contributed by atoms with Gasteiger partial charge < -0.3 is 5.73 Å². The molecule has 0 amide bonds. The van der Waals surface area contributed by atoms with Crippen LogP contribution in [0.2, 0.25) is 5.02 Å². The van der Waals surface area contributed by atoms with Crippen LogP contribution in [0.3, 0.4) is 0 Å². The van der Waals surface area contributed by atoms with Gasteiger partial charge in [0.25, 0.3) is 0 Å². The van der Waals surface area contributed by atoms with Gasteiger partial charge in [0.05, 0.1) is 0 Å². The van der Waals surface area contributed by atoms with Gasteiger partial charge in [0.2, 0.25) is 0 Å². The molecule has 1 aromatic heterocycles. The first kappa shape index (κ1) is 11.6. The largest absolute Gasteiger partial charge is 0.324 e. The molecule has 0 bridgehead atoms. The highest BCUT2D eigenvalue weighted by atomic mass is 35.5. The van der Waals surface area contributed by atoms with Crippen LogP contribution in [-0.2, 0) is 6.42 Å². The second-order valence-electron chi connectivity index (χ2n) is 3.84. The summed E-state index contributed by atoms with van der Waals surface area (Å²) in [6.45, 7) is 2.02. The Bertz CT molecular complexity index is 465. The van der Waals surface area contributed by atoms with Gasteiger partial charge in [-0.3, -0.25) is 0 Å². The first-order valence-electron chi connectivity index (χ1n) is 5.21. The molecule has 0 saturated heterocycles. The zero-order valence-corrected chi connectivity index (χ0v) is 10.7.